The van der Waals surface area contributed by atoms with E-state index in [4.69, 9.17) is 4.74 Å². The summed E-state index contributed by atoms with van der Waals surface area (Å²) in [4.78, 5) is 9.35. The first-order valence-corrected chi connectivity index (χ1v) is 8.31. The van der Waals surface area contributed by atoms with E-state index in [1.54, 1.807) is 7.11 Å². The molecule has 1 aliphatic heterocycles. The lowest BCUT2D eigenvalue weighted by Crippen LogP contribution is -2.46. The molecule has 122 valence electrons. The van der Waals surface area contributed by atoms with Crippen LogP contribution in [0, 0.1) is 0 Å². The fourth-order valence-electron chi connectivity index (χ4n) is 2.99. The van der Waals surface area contributed by atoms with Crippen molar-refractivity contribution in [1.82, 2.24) is 14.8 Å². The number of pyridine rings is 1. The molecule has 1 aromatic heterocycles. The molecule has 0 radical (unpaired) electrons. The Morgan fingerprint density at radius 2 is 1.65 bits per heavy atom. The minimum absolute atomic E-state index is 0.680. The van der Waals surface area contributed by atoms with Crippen molar-refractivity contribution in [3.63, 3.8) is 0 Å². The average molecular weight is 311 g/mol. The number of hydrogen-bond acceptors (Lipinski definition) is 4. The standard InChI is InChI=1S/C19H25N3O/c1-23-19-8-7-18(15-20-19)16-22-13-11-21(12-14-22)10-9-17-5-3-2-4-6-17/h2-8,15H,9-14,16H2,1H3. The lowest BCUT2D eigenvalue weighted by molar-refractivity contribution is 0.128. The Morgan fingerprint density at radius 1 is 0.913 bits per heavy atom. The van der Waals surface area contributed by atoms with E-state index in [2.05, 4.69) is 51.2 Å². The number of ether oxygens (including phenoxy) is 1. The van der Waals surface area contributed by atoms with Crippen molar-refractivity contribution in [2.24, 2.45) is 0 Å². The zero-order valence-electron chi connectivity index (χ0n) is 13.8. The fraction of sp³-hybridized carbons (Fsp3) is 0.421. The van der Waals surface area contributed by atoms with Crippen LogP contribution in [0.15, 0.2) is 48.7 Å². The van der Waals surface area contributed by atoms with Gasteiger partial charge in [-0.2, -0.15) is 0 Å². The molecule has 3 rings (SSSR count). The van der Waals surface area contributed by atoms with Crippen molar-refractivity contribution in [3.05, 3.63) is 59.8 Å². The molecular weight excluding hydrogens is 286 g/mol. The van der Waals surface area contributed by atoms with Gasteiger partial charge in [-0.05, 0) is 17.5 Å². The van der Waals surface area contributed by atoms with Gasteiger partial charge in [-0.25, -0.2) is 4.98 Å². The van der Waals surface area contributed by atoms with Gasteiger partial charge < -0.3 is 9.64 Å². The topological polar surface area (TPSA) is 28.6 Å². The van der Waals surface area contributed by atoms with E-state index in [1.807, 2.05) is 12.3 Å². The van der Waals surface area contributed by atoms with E-state index < -0.39 is 0 Å². The molecule has 0 spiro atoms. The lowest BCUT2D eigenvalue weighted by Gasteiger charge is -2.34. The van der Waals surface area contributed by atoms with Gasteiger partial charge in [0.1, 0.15) is 0 Å². The molecule has 0 unspecified atom stereocenters. The third kappa shape index (κ3) is 4.78. The van der Waals surface area contributed by atoms with E-state index in [0.29, 0.717) is 5.88 Å². The maximum atomic E-state index is 5.11. The highest BCUT2D eigenvalue weighted by atomic mass is 16.5. The molecule has 0 atom stereocenters. The molecule has 2 aromatic rings. The van der Waals surface area contributed by atoms with E-state index in [0.717, 1.165) is 45.7 Å². The first-order chi connectivity index (χ1) is 11.3. The van der Waals surface area contributed by atoms with E-state index in [-0.39, 0.29) is 0 Å². The number of benzene rings is 1. The molecule has 1 aromatic carbocycles. The molecule has 4 nitrogen and oxygen atoms in total. The van der Waals surface area contributed by atoms with Crippen LogP contribution in [0.2, 0.25) is 0 Å². The molecule has 23 heavy (non-hydrogen) atoms. The second kappa shape index (κ2) is 8.09. The number of aromatic nitrogens is 1. The Balaban J connectivity index is 1.41. The molecule has 0 N–H and O–H groups in total. The van der Waals surface area contributed by atoms with Crippen molar-refractivity contribution in [2.45, 2.75) is 13.0 Å². The number of nitrogens with zero attached hydrogens (tertiary/aromatic N) is 3. The van der Waals surface area contributed by atoms with Crippen molar-refractivity contribution < 1.29 is 4.74 Å². The van der Waals surface area contributed by atoms with Crippen LogP contribution in [0.5, 0.6) is 5.88 Å². The largest absolute Gasteiger partial charge is 0.481 e. The fourth-order valence-corrected chi connectivity index (χ4v) is 2.99. The second-order valence-corrected chi connectivity index (χ2v) is 6.06. The number of rotatable bonds is 6. The maximum Gasteiger partial charge on any atom is 0.212 e. The Labute approximate surface area is 138 Å². The van der Waals surface area contributed by atoms with Crippen LogP contribution in [0.25, 0.3) is 0 Å². The van der Waals surface area contributed by atoms with Crippen LogP contribution < -0.4 is 4.74 Å². The van der Waals surface area contributed by atoms with E-state index in [9.17, 15) is 0 Å². The molecule has 0 bridgehead atoms. The molecule has 0 aliphatic carbocycles. The summed E-state index contributed by atoms with van der Waals surface area (Å²) in [5, 5.41) is 0. The Bertz CT molecular complexity index is 577. The summed E-state index contributed by atoms with van der Waals surface area (Å²) in [5.74, 6) is 0.680. The summed E-state index contributed by atoms with van der Waals surface area (Å²) in [6, 6.07) is 14.8. The average Bonchev–Trinajstić information content (AvgIpc) is 2.63. The molecule has 2 heterocycles. The summed E-state index contributed by atoms with van der Waals surface area (Å²) in [5.41, 5.74) is 2.68. The first kappa shape index (κ1) is 16.0. The minimum atomic E-state index is 0.680. The highest BCUT2D eigenvalue weighted by Crippen LogP contribution is 2.11. The zero-order chi connectivity index (χ0) is 15.9. The SMILES string of the molecule is COc1ccc(CN2CCN(CCc3ccccc3)CC2)cn1. The van der Waals surface area contributed by atoms with Crippen molar-refractivity contribution >= 4 is 0 Å². The predicted octanol–water partition coefficient (Wildman–Crippen LogP) is 2.45. The van der Waals surface area contributed by atoms with Crippen LogP contribution >= 0.6 is 0 Å². The quantitative estimate of drug-likeness (QED) is 0.819. The Morgan fingerprint density at radius 3 is 2.30 bits per heavy atom. The second-order valence-electron chi connectivity index (χ2n) is 6.06. The van der Waals surface area contributed by atoms with E-state index >= 15 is 0 Å². The lowest BCUT2D eigenvalue weighted by atomic mass is 10.1. The van der Waals surface area contributed by atoms with Gasteiger partial charge in [0.2, 0.25) is 5.88 Å². The normalized spacial score (nSPS) is 16.4. The summed E-state index contributed by atoms with van der Waals surface area (Å²) < 4.78 is 5.11. The third-order valence-corrected chi connectivity index (χ3v) is 4.44. The molecule has 1 aliphatic rings. The van der Waals surface area contributed by atoms with Gasteiger partial charge in [0, 0.05) is 51.5 Å². The first-order valence-electron chi connectivity index (χ1n) is 8.31. The smallest absolute Gasteiger partial charge is 0.212 e. The van der Waals surface area contributed by atoms with Crippen LogP contribution in [-0.4, -0.2) is 54.6 Å². The number of hydrogen-bond donors (Lipinski definition) is 0. The van der Waals surface area contributed by atoms with Crippen LogP contribution in [-0.2, 0) is 13.0 Å². The minimum Gasteiger partial charge on any atom is -0.481 e. The summed E-state index contributed by atoms with van der Waals surface area (Å²) in [7, 11) is 1.65. The van der Waals surface area contributed by atoms with Crippen LogP contribution in [0.1, 0.15) is 11.1 Å². The Hall–Kier alpha value is -1.91. The molecule has 0 saturated carbocycles. The third-order valence-electron chi connectivity index (χ3n) is 4.44. The highest BCUT2D eigenvalue weighted by Gasteiger charge is 2.16. The zero-order valence-corrected chi connectivity index (χ0v) is 13.8. The molecule has 1 fully saturated rings. The Kier molecular flexibility index (Phi) is 5.61. The van der Waals surface area contributed by atoms with Gasteiger partial charge in [-0.15, -0.1) is 0 Å². The van der Waals surface area contributed by atoms with E-state index in [1.165, 1.54) is 11.1 Å². The maximum absolute atomic E-state index is 5.11. The van der Waals surface area contributed by atoms with Gasteiger partial charge in [0.05, 0.1) is 7.11 Å². The predicted molar refractivity (Wildman–Crippen MR) is 92.7 cm³/mol. The van der Waals surface area contributed by atoms with Gasteiger partial charge >= 0.3 is 0 Å². The number of piperazine rings is 1. The molecule has 1 saturated heterocycles. The summed E-state index contributed by atoms with van der Waals surface area (Å²) in [6.45, 7) is 6.68. The number of methoxy groups -OCH3 is 1. The molecular formula is C19H25N3O. The van der Waals surface area contributed by atoms with Crippen molar-refractivity contribution in [2.75, 3.05) is 39.8 Å². The summed E-state index contributed by atoms with van der Waals surface area (Å²) >= 11 is 0. The monoisotopic (exact) mass is 311 g/mol. The van der Waals surface area contributed by atoms with Gasteiger partial charge in [0.25, 0.3) is 0 Å². The van der Waals surface area contributed by atoms with Crippen molar-refractivity contribution in [3.8, 4) is 5.88 Å². The molecule has 0 amide bonds. The van der Waals surface area contributed by atoms with Crippen LogP contribution in [0.4, 0.5) is 0 Å². The highest BCUT2D eigenvalue weighted by molar-refractivity contribution is 5.18. The molecule has 4 heteroatoms. The summed E-state index contributed by atoms with van der Waals surface area (Å²) in [6.07, 6.45) is 3.06. The van der Waals surface area contributed by atoms with Crippen LogP contribution in [0.3, 0.4) is 0 Å². The van der Waals surface area contributed by atoms with Gasteiger partial charge in [-0.3, -0.25) is 4.90 Å². The van der Waals surface area contributed by atoms with Gasteiger partial charge in [-0.1, -0.05) is 36.4 Å². The van der Waals surface area contributed by atoms with Crippen molar-refractivity contribution in [1.29, 1.82) is 0 Å². The van der Waals surface area contributed by atoms with Gasteiger partial charge in [0.15, 0.2) is 0 Å².